The van der Waals surface area contributed by atoms with Crippen molar-refractivity contribution in [2.24, 2.45) is 5.92 Å². The molecule has 1 fully saturated rings. The van der Waals surface area contributed by atoms with Crippen molar-refractivity contribution in [3.05, 3.63) is 30.0 Å². The van der Waals surface area contributed by atoms with Crippen molar-refractivity contribution < 1.29 is 55.0 Å². The second-order valence-electron chi connectivity index (χ2n) is 8.62. The Balaban J connectivity index is 0.000000411. The summed E-state index contributed by atoms with van der Waals surface area (Å²) < 4.78 is 80.0. The van der Waals surface area contributed by atoms with Crippen LogP contribution in [0.25, 0.3) is 10.9 Å². The van der Waals surface area contributed by atoms with E-state index in [1.807, 2.05) is 38.2 Å². The number of carbonyl (C=O) groups excluding carboxylic acids is 4. The number of alkyl halides is 6. The third kappa shape index (κ3) is 10.0. The fraction of sp³-hybridized carbons (Fsp3) is 0.522. The minimum atomic E-state index is -4.67. The van der Waals surface area contributed by atoms with E-state index in [2.05, 4.69) is 26.2 Å². The SMILES string of the molecule is CCn1cc2ccc([C@H]3CC[C@H](C)CN3C(=O)C(=O)OCC(F)(F)F)cc2n1.O=C(Cl)C(=O)OCC(F)(F)F. The number of aryl methyl sites for hydroxylation is 1. The van der Waals surface area contributed by atoms with Gasteiger partial charge in [0.05, 0.1) is 11.6 Å². The molecule has 16 heteroatoms. The van der Waals surface area contributed by atoms with Gasteiger partial charge >= 0.3 is 35.4 Å². The molecule has 2 heterocycles. The summed E-state index contributed by atoms with van der Waals surface area (Å²) in [5, 5.41) is 3.84. The predicted octanol–water partition coefficient (Wildman–Crippen LogP) is 4.32. The Kier molecular flexibility index (Phi) is 10.7. The van der Waals surface area contributed by atoms with Crippen LogP contribution < -0.4 is 0 Å². The van der Waals surface area contributed by atoms with Gasteiger partial charge in [-0.1, -0.05) is 19.1 Å². The number of amides is 1. The maximum Gasteiger partial charge on any atom is 0.422 e. The fourth-order valence-corrected chi connectivity index (χ4v) is 3.76. The molecule has 1 aliphatic rings. The Morgan fingerprint density at radius 2 is 1.59 bits per heavy atom. The van der Waals surface area contributed by atoms with E-state index < -0.39 is 54.7 Å². The molecule has 3 rings (SSSR count). The van der Waals surface area contributed by atoms with Gasteiger partial charge in [0.25, 0.3) is 0 Å². The predicted molar refractivity (Wildman–Crippen MR) is 123 cm³/mol. The first-order chi connectivity index (χ1) is 18.0. The fourth-order valence-electron chi connectivity index (χ4n) is 3.71. The number of carbonyl (C=O) groups is 4. The van der Waals surface area contributed by atoms with Crippen LogP contribution >= 0.6 is 11.6 Å². The average molecular weight is 588 g/mol. The van der Waals surface area contributed by atoms with Crippen molar-refractivity contribution in [1.29, 1.82) is 0 Å². The van der Waals surface area contributed by atoms with Crippen LogP contribution in [0.1, 0.15) is 38.3 Å². The molecule has 9 nitrogen and oxygen atoms in total. The van der Waals surface area contributed by atoms with Gasteiger partial charge < -0.3 is 14.4 Å². The molecule has 1 aromatic carbocycles. The van der Waals surface area contributed by atoms with Crippen molar-refractivity contribution >= 4 is 45.6 Å². The number of benzene rings is 1. The highest BCUT2D eigenvalue weighted by molar-refractivity contribution is 6.80. The third-order valence-corrected chi connectivity index (χ3v) is 5.59. The van der Waals surface area contributed by atoms with Crippen molar-refractivity contribution in [3.63, 3.8) is 0 Å². The van der Waals surface area contributed by atoms with Gasteiger partial charge in [-0.3, -0.25) is 14.3 Å². The highest BCUT2D eigenvalue weighted by atomic mass is 35.5. The molecule has 39 heavy (non-hydrogen) atoms. The zero-order chi connectivity index (χ0) is 29.5. The van der Waals surface area contributed by atoms with Gasteiger partial charge in [-0.25, -0.2) is 9.59 Å². The van der Waals surface area contributed by atoms with Crippen LogP contribution in [-0.4, -0.2) is 69.9 Å². The first-order valence-electron chi connectivity index (χ1n) is 11.5. The molecule has 1 aliphatic heterocycles. The van der Waals surface area contributed by atoms with Crippen LogP contribution in [0.15, 0.2) is 24.4 Å². The molecule has 2 atom stereocenters. The molecule has 0 unspecified atom stereocenters. The van der Waals surface area contributed by atoms with Gasteiger partial charge in [0.2, 0.25) is 0 Å². The molecule has 216 valence electrons. The number of halogens is 7. The molecule has 1 saturated heterocycles. The van der Waals surface area contributed by atoms with Gasteiger partial charge in [0.1, 0.15) is 0 Å². The molecule has 0 bridgehead atoms. The smallest absolute Gasteiger partial charge is 0.422 e. The van der Waals surface area contributed by atoms with Crippen LogP contribution in [0.5, 0.6) is 0 Å². The maximum atomic E-state index is 12.5. The van der Waals surface area contributed by atoms with E-state index in [9.17, 15) is 45.5 Å². The number of esters is 2. The van der Waals surface area contributed by atoms with Gasteiger partial charge in [0.15, 0.2) is 13.2 Å². The minimum absolute atomic E-state index is 0.138. The molecule has 0 radical (unpaired) electrons. The lowest BCUT2D eigenvalue weighted by molar-refractivity contribution is -0.190. The number of hydrogen-bond donors (Lipinski definition) is 0. The average Bonchev–Trinajstić information content (AvgIpc) is 3.27. The number of ether oxygens (including phenoxy) is 2. The first kappa shape index (κ1) is 31.9. The topological polar surface area (TPSA) is 108 Å². The Morgan fingerprint density at radius 3 is 2.13 bits per heavy atom. The summed E-state index contributed by atoms with van der Waals surface area (Å²) in [5.41, 5.74) is 1.57. The zero-order valence-electron chi connectivity index (χ0n) is 20.6. The summed E-state index contributed by atoms with van der Waals surface area (Å²) in [7, 11) is 0. The molecule has 2 aromatic rings. The molecule has 0 spiro atoms. The van der Waals surface area contributed by atoms with Crippen molar-refractivity contribution in [3.8, 4) is 0 Å². The molecule has 0 saturated carbocycles. The van der Waals surface area contributed by atoms with E-state index in [0.717, 1.165) is 29.4 Å². The number of fused-ring (bicyclic) bond motifs is 1. The van der Waals surface area contributed by atoms with Crippen LogP contribution in [0.2, 0.25) is 0 Å². The molecule has 0 N–H and O–H groups in total. The van der Waals surface area contributed by atoms with Crippen molar-refractivity contribution in [2.75, 3.05) is 19.8 Å². The lowest BCUT2D eigenvalue weighted by Gasteiger charge is -2.38. The van der Waals surface area contributed by atoms with Crippen LogP contribution in [0, 0.1) is 5.92 Å². The van der Waals surface area contributed by atoms with Crippen LogP contribution in [0.4, 0.5) is 26.3 Å². The van der Waals surface area contributed by atoms with Crippen molar-refractivity contribution in [1.82, 2.24) is 14.7 Å². The number of nitrogens with zero attached hydrogens (tertiary/aromatic N) is 3. The van der Waals surface area contributed by atoms with E-state index >= 15 is 0 Å². The van der Waals surface area contributed by atoms with Gasteiger partial charge in [-0.15, -0.1) is 0 Å². The van der Waals surface area contributed by atoms with Gasteiger partial charge in [-0.05, 0) is 48.9 Å². The highest BCUT2D eigenvalue weighted by Gasteiger charge is 2.37. The summed E-state index contributed by atoms with van der Waals surface area (Å²) in [6.07, 6.45) is -5.94. The second kappa shape index (κ2) is 13.1. The summed E-state index contributed by atoms with van der Waals surface area (Å²) in [4.78, 5) is 45.5. The van der Waals surface area contributed by atoms with E-state index in [4.69, 9.17) is 0 Å². The minimum Gasteiger partial charge on any atom is -0.449 e. The largest absolute Gasteiger partial charge is 0.449 e. The standard InChI is InChI=1S/C19H22F3N3O3.C4H2ClF3O3/c1-3-24-10-14-6-5-13(8-15(14)23-24)16-7-4-12(2)9-25(16)17(26)18(27)28-11-19(20,21)22;5-2(9)3(10)11-1-4(6,7)8/h5-6,8,10,12,16H,3-4,7,9,11H2,1-2H3;1H2/t12-,16+;/m0./s1. The summed E-state index contributed by atoms with van der Waals surface area (Å²) in [6, 6.07) is 5.22. The number of piperidine rings is 1. The summed E-state index contributed by atoms with van der Waals surface area (Å²) in [6.45, 7) is 1.34. The second-order valence-corrected chi connectivity index (χ2v) is 8.96. The van der Waals surface area contributed by atoms with E-state index in [1.54, 1.807) is 4.68 Å². The van der Waals surface area contributed by atoms with E-state index in [0.29, 0.717) is 6.42 Å². The van der Waals surface area contributed by atoms with Crippen molar-refractivity contribution in [2.45, 2.75) is 51.6 Å². The molecule has 1 amide bonds. The lowest BCUT2D eigenvalue weighted by atomic mass is 9.89. The third-order valence-electron chi connectivity index (χ3n) is 5.43. The Labute approximate surface area is 222 Å². The normalized spacial score (nSPS) is 17.7. The highest BCUT2D eigenvalue weighted by Crippen LogP contribution is 2.34. The van der Waals surface area contributed by atoms with Gasteiger partial charge in [-0.2, -0.15) is 31.4 Å². The number of aromatic nitrogens is 2. The van der Waals surface area contributed by atoms with E-state index in [1.165, 1.54) is 4.90 Å². The molecular formula is C23H24ClF6N3O6. The first-order valence-corrected chi connectivity index (χ1v) is 11.8. The Morgan fingerprint density at radius 1 is 1.00 bits per heavy atom. The number of hydrogen-bond acceptors (Lipinski definition) is 7. The Bertz CT molecular complexity index is 1200. The quantitative estimate of drug-likeness (QED) is 0.222. The van der Waals surface area contributed by atoms with Crippen LogP contribution in [0.3, 0.4) is 0 Å². The monoisotopic (exact) mass is 587 g/mol. The summed E-state index contributed by atoms with van der Waals surface area (Å²) in [5.74, 6) is -4.09. The van der Waals surface area contributed by atoms with E-state index in [-0.39, 0.29) is 12.5 Å². The molecule has 1 aromatic heterocycles. The lowest BCUT2D eigenvalue weighted by Crippen LogP contribution is -2.45. The van der Waals surface area contributed by atoms with Crippen LogP contribution in [-0.2, 0) is 35.2 Å². The summed E-state index contributed by atoms with van der Waals surface area (Å²) >= 11 is 4.48. The Hall–Kier alpha value is -3.36. The maximum absolute atomic E-state index is 12.5. The van der Waals surface area contributed by atoms with Gasteiger partial charge in [0, 0.05) is 24.7 Å². The molecular weight excluding hydrogens is 564 g/mol. The zero-order valence-corrected chi connectivity index (χ0v) is 21.4. The molecule has 0 aliphatic carbocycles. The number of rotatable bonds is 5. The number of likely N-dealkylation sites (tertiary alicyclic amines) is 1.